The van der Waals surface area contributed by atoms with Gasteiger partial charge >= 0.3 is 5.97 Å². The molecule has 4 nitrogen and oxygen atoms in total. The summed E-state index contributed by atoms with van der Waals surface area (Å²) in [5.41, 5.74) is 2.28. The first kappa shape index (κ1) is 7.79. The lowest BCUT2D eigenvalue weighted by atomic mass is 10.1. The summed E-state index contributed by atoms with van der Waals surface area (Å²) in [6.07, 6.45) is 1.50. The summed E-state index contributed by atoms with van der Waals surface area (Å²) in [4.78, 5) is 17.7. The molecular weight excluding hydrogens is 168 g/mol. The molecule has 66 valence electrons. The molecular formula is C9H8N2O2. The predicted molar refractivity (Wildman–Crippen MR) is 47.8 cm³/mol. The van der Waals surface area contributed by atoms with Crippen LogP contribution in [0.4, 0.5) is 0 Å². The van der Waals surface area contributed by atoms with E-state index in [1.165, 1.54) is 6.33 Å². The summed E-state index contributed by atoms with van der Waals surface area (Å²) < 4.78 is 0. The van der Waals surface area contributed by atoms with E-state index in [1.807, 2.05) is 6.07 Å². The summed E-state index contributed by atoms with van der Waals surface area (Å²) in [6.45, 7) is 1.76. The number of H-pyrrole nitrogens is 1. The average molecular weight is 176 g/mol. The van der Waals surface area contributed by atoms with E-state index in [1.54, 1.807) is 13.0 Å². The Morgan fingerprint density at radius 2 is 2.31 bits per heavy atom. The summed E-state index contributed by atoms with van der Waals surface area (Å²) in [5, 5.41) is 8.93. The number of carboxylic acid groups (broad SMARTS) is 1. The highest BCUT2D eigenvalue weighted by atomic mass is 16.4. The Bertz CT molecular complexity index is 473. The third-order valence-corrected chi connectivity index (χ3v) is 2.01. The second-order valence-corrected chi connectivity index (χ2v) is 2.86. The molecule has 0 saturated heterocycles. The van der Waals surface area contributed by atoms with Gasteiger partial charge in [0.2, 0.25) is 0 Å². The van der Waals surface area contributed by atoms with E-state index in [0.717, 1.165) is 11.1 Å². The maximum atomic E-state index is 10.9. The third-order valence-electron chi connectivity index (χ3n) is 2.01. The van der Waals surface area contributed by atoms with Gasteiger partial charge in [-0.15, -0.1) is 0 Å². The van der Waals surface area contributed by atoms with Gasteiger partial charge in [0.25, 0.3) is 0 Å². The lowest BCUT2D eigenvalue weighted by Crippen LogP contribution is -2.00. The Labute approximate surface area is 74.2 Å². The molecule has 13 heavy (non-hydrogen) atoms. The van der Waals surface area contributed by atoms with Crippen molar-refractivity contribution in [3.63, 3.8) is 0 Å². The Kier molecular flexibility index (Phi) is 1.55. The Hall–Kier alpha value is -1.84. The highest BCUT2D eigenvalue weighted by Gasteiger charge is 2.12. The number of nitrogens with zero attached hydrogens (tertiary/aromatic N) is 1. The SMILES string of the molecule is Cc1ccc2[nH]cnc2c1C(=O)O. The van der Waals surface area contributed by atoms with Crippen LogP contribution in [-0.2, 0) is 0 Å². The number of aromatic carboxylic acids is 1. The van der Waals surface area contributed by atoms with Crippen LogP contribution in [0.1, 0.15) is 15.9 Å². The zero-order valence-corrected chi connectivity index (χ0v) is 7.03. The van der Waals surface area contributed by atoms with Gasteiger partial charge in [0, 0.05) is 0 Å². The molecule has 0 aliphatic rings. The molecule has 2 aromatic rings. The fourth-order valence-electron chi connectivity index (χ4n) is 1.38. The van der Waals surface area contributed by atoms with Crippen molar-refractivity contribution in [3.8, 4) is 0 Å². The van der Waals surface area contributed by atoms with Crippen LogP contribution < -0.4 is 0 Å². The van der Waals surface area contributed by atoms with E-state index in [4.69, 9.17) is 5.11 Å². The first-order valence-corrected chi connectivity index (χ1v) is 3.86. The molecule has 0 radical (unpaired) electrons. The number of aryl methyl sites for hydroxylation is 1. The average Bonchev–Trinajstić information content (AvgIpc) is 2.50. The van der Waals surface area contributed by atoms with Gasteiger partial charge in [-0.25, -0.2) is 9.78 Å². The van der Waals surface area contributed by atoms with Crippen molar-refractivity contribution >= 4 is 17.0 Å². The van der Waals surface area contributed by atoms with Crippen LogP contribution in [0.3, 0.4) is 0 Å². The summed E-state index contributed by atoms with van der Waals surface area (Å²) in [7, 11) is 0. The number of benzene rings is 1. The lowest BCUT2D eigenvalue weighted by Gasteiger charge is -1.99. The Balaban J connectivity index is 2.88. The number of aromatic nitrogens is 2. The lowest BCUT2D eigenvalue weighted by molar-refractivity contribution is 0.0698. The van der Waals surface area contributed by atoms with Crippen LogP contribution in [0.5, 0.6) is 0 Å². The van der Waals surface area contributed by atoms with Gasteiger partial charge < -0.3 is 10.1 Å². The topological polar surface area (TPSA) is 66.0 Å². The minimum absolute atomic E-state index is 0.277. The van der Waals surface area contributed by atoms with Crippen LogP contribution >= 0.6 is 0 Å². The van der Waals surface area contributed by atoms with Crippen molar-refractivity contribution in [2.75, 3.05) is 0 Å². The summed E-state index contributed by atoms with van der Waals surface area (Å²) in [6, 6.07) is 3.59. The number of carboxylic acids is 1. The van der Waals surface area contributed by atoms with Crippen LogP contribution in [0, 0.1) is 6.92 Å². The molecule has 0 spiro atoms. The van der Waals surface area contributed by atoms with E-state index in [9.17, 15) is 4.79 Å². The van der Waals surface area contributed by atoms with Crippen molar-refractivity contribution in [2.24, 2.45) is 0 Å². The van der Waals surface area contributed by atoms with Gasteiger partial charge in [-0.05, 0) is 18.6 Å². The van der Waals surface area contributed by atoms with Gasteiger partial charge in [0.15, 0.2) is 0 Å². The molecule has 0 bridgehead atoms. The number of nitrogens with one attached hydrogen (secondary N) is 1. The van der Waals surface area contributed by atoms with E-state index < -0.39 is 5.97 Å². The maximum Gasteiger partial charge on any atom is 0.338 e. The van der Waals surface area contributed by atoms with Crippen LogP contribution in [-0.4, -0.2) is 21.0 Å². The molecule has 0 unspecified atom stereocenters. The fraction of sp³-hybridized carbons (Fsp3) is 0.111. The predicted octanol–water partition coefficient (Wildman–Crippen LogP) is 1.57. The zero-order chi connectivity index (χ0) is 9.42. The standard InChI is InChI=1S/C9H8N2O2/c1-5-2-3-6-8(11-4-10-6)7(5)9(12)13/h2-4H,1H3,(H,10,11)(H,12,13). The quantitative estimate of drug-likeness (QED) is 0.693. The minimum atomic E-state index is -0.935. The van der Waals surface area contributed by atoms with E-state index in [2.05, 4.69) is 9.97 Å². The normalized spacial score (nSPS) is 10.5. The van der Waals surface area contributed by atoms with Gasteiger partial charge in [0.05, 0.1) is 17.4 Å². The van der Waals surface area contributed by atoms with E-state index in [-0.39, 0.29) is 5.56 Å². The van der Waals surface area contributed by atoms with Crippen molar-refractivity contribution in [1.29, 1.82) is 0 Å². The van der Waals surface area contributed by atoms with Crippen LogP contribution in [0.15, 0.2) is 18.5 Å². The largest absolute Gasteiger partial charge is 0.478 e. The van der Waals surface area contributed by atoms with Crippen molar-refractivity contribution in [2.45, 2.75) is 6.92 Å². The van der Waals surface area contributed by atoms with Gasteiger partial charge in [-0.3, -0.25) is 0 Å². The van der Waals surface area contributed by atoms with Crippen molar-refractivity contribution < 1.29 is 9.90 Å². The van der Waals surface area contributed by atoms with E-state index >= 15 is 0 Å². The number of hydrogen-bond donors (Lipinski definition) is 2. The van der Waals surface area contributed by atoms with Gasteiger partial charge in [0.1, 0.15) is 5.52 Å². The second-order valence-electron chi connectivity index (χ2n) is 2.86. The Morgan fingerprint density at radius 1 is 1.54 bits per heavy atom. The maximum absolute atomic E-state index is 10.9. The monoisotopic (exact) mass is 176 g/mol. The molecule has 0 aliphatic heterocycles. The zero-order valence-electron chi connectivity index (χ0n) is 7.03. The highest BCUT2D eigenvalue weighted by molar-refractivity contribution is 6.02. The van der Waals surface area contributed by atoms with Crippen LogP contribution in [0.2, 0.25) is 0 Å². The highest BCUT2D eigenvalue weighted by Crippen LogP contribution is 2.18. The number of aromatic amines is 1. The number of rotatable bonds is 1. The number of fused-ring (bicyclic) bond motifs is 1. The number of imidazole rings is 1. The molecule has 0 amide bonds. The molecule has 0 fully saturated rings. The number of hydrogen-bond acceptors (Lipinski definition) is 2. The molecule has 2 N–H and O–H groups in total. The van der Waals surface area contributed by atoms with Crippen LogP contribution in [0.25, 0.3) is 11.0 Å². The molecule has 0 atom stereocenters. The molecule has 1 aromatic carbocycles. The first-order chi connectivity index (χ1) is 6.20. The third kappa shape index (κ3) is 1.07. The van der Waals surface area contributed by atoms with Crippen molar-refractivity contribution in [3.05, 3.63) is 29.6 Å². The van der Waals surface area contributed by atoms with Crippen molar-refractivity contribution in [1.82, 2.24) is 9.97 Å². The molecule has 0 saturated carbocycles. The summed E-state index contributed by atoms with van der Waals surface area (Å²) >= 11 is 0. The second kappa shape index (κ2) is 2.58. The molecule has 0 aliphatic carbocycles. The van der Waals surface area contributed by atoms with E-state index in [0.29, 0.717) is 5.52 Å². The smallest absolute Gasteiger partial charge is 0.338 e. The summed E-state index contributed by atoms with van der Waals surface area (Å²) in [5.74, 6) is -0.935. The minimum Gasteiger partial charge on any atom is -0.478 e. The Morgan fingerprint density at radius 3 is 3.00 bits per heavy atom. The first-order valence-electron chi connectivity index (χ1n) is 3.86. The molecule has 2 rings (SSSR count). The molecule has 4 heteroatoms. The van der Waals surface area contributed by atoms with Gasteiger partial charge in [-0.2, -0.15) is 0 Å². The molecule has 1 aromatic heterocycles. The van der Waals surface area contributed by atoms with Gasteiger partial charge in [-0.1, -0.05) is 6.07 Å². The fourth-order valence-corrected chi connectivity index (χ4v) is 1.38. The number of carbonyl (C=O) groups is 1. The molecule has 1 heterocycles.